The van der Waals surface area contributed by atoms with Crippen LogP contribution in [0.15, 0.2) is 5.38 Å². The molecule has 1 N–H and O–H groups in total. The highest BCUT2D eigenvalue weighted by Gasteiger charge is 2.11. The van der Waals surface area contributed by atoms with E-state index in [1.165, 1.54) is 10.8 Å². The van der Waals surface area contributed by atoms with Crippen molar-refractivity contribution >= 4 is 23.1 Å². The Hall–Kier alpha value is -0.0600. The summed E-state index contributed by atoms with van der Waals surface area (Å²) in [6, 6.07) is 0.558. The lowest BCUT2D eigenvalue weighted by Gasteiger charge is -2.17. The van der Waals surface area contributed by atoms with E-state index < -0.39 is 0 Å². The van der Waals surface area contributed by atoms with Gasteiger partial charge in [-0.15, -0.1) is 11.3 Å². The second-order valence-electron chi connectivity index (χ2n) is 4.22. The van der Waals surface area contributed by atoms with Crippen molar-refractivity contribution in [3.63, 3.8) is 0 Å². The second-order valence-corrected chi connectivity index (χ2v) is 6.78. The summed E-state index contributed by atoms with van der Waals surface area (Å²) < 4.78 is 0. The van der Waals surface area contributed by atoms with Gasteiger partial charge in [-0.05, 0) is 18.7 Å². The van der Waals surface area contributed by atoms with Crippen molar-refractivity contribution in [1.82, 2.24) is 10.3 Å². The third-order valence-electron chi connectivity index (χ3n) is 2.21. The maximum atomic E-state index is 4.53. The molecule has 0 aliphatic heterocycles. The van der Waals surface area contributed by atoms with Gasteiger partial charge in [0.05, 0.1) is 5.01 Å². The third-order valence-corrected chi connectivity index (χ3v) is 4.46. The van der Waals surface area contributed by atoms with E-state index >= 15 is 0 Å². The maximum absolute atomic E-state index is 4.53. The number of likely N-dealkylation sites (N-methyl/N-ethyl adjacent to an activating group) is 1. The molecule has 2 nitrogen and oxygen atoms in total. The first-order valence-corrected chi connectivity index (χ1v) is 7.80. The smallest absolute Gasteiger partial charge is 0.0943 e. The average Bonchev–Trinajstić information content (AvgIpc) is 2.61. The monoisotopic (exact) mass is 258 g/mol. The van der Waals surface area contributed by atoms with Crippen LogP contribution in [-0.4, -0.2) is 28.6 Å². The molecule has 0 amide bonds. The fourth-order valence-electron chi connectivity index (χ4n) is 1.49. The lowest BCUT2D eigenvalue weighted by atomic mass is 10.2. The third kappa shape index (κ3) is 5.32. The van der Waals surface area contributed by atoms with Crippen molar-refractivity contribution in [3.8, 4) is 0 Å². The van der Waals surface area contributed by atoms with Gasteiger partial charge in [0.1, 0.15) is 0 Å². The molecule has 1 atom stereocenters. The SMILES string of the molecule is CCNC(CSC(C)C)Cc1nc(C)cs1. The lowest BCUT2D eigenvalue weighted by Crippen LogP contribution is -2.33. The lowest BCUT2D eigenvalue weighted by molar-refractivity contribution is 0.570. The van der Waals surface area contributed by atoms with Crippen molar-refractivity contribution in [1.29, 1.82) is 0 Å². The van der Waals surface area contributed by atoms with Crippen molar-refractivity contribution in [2.75, 3.05) is 12.3 Å². The van der Waals surface area contributed by atoms with Crippen molar-refractivity contribution < 1.29 is 0 Å². The van der Waals surface area contributed by atoms with E-state index in [1.54, 1.807) is 11.3 Å². The minimum atomic E-state index is 0.558. The van der Waals surface area contributed by atoms with E-state index in [0.717, 1.165) is 18.7 Å². The first-order chi connectivity index (χ1) is 7.61. The summed E-state index contributed by atoms with van der Waals surface area (Å²) >= 11 is 3.80. The molecule has 0 saturated heterocycles. The number of thiazole rings is 1. The Bertz CT molecular complexity index is 297. The van der Waals surface area contributed by atoms with Gasteiger partial charge < -0.3 is 5.32 Å². The number of thioether (sulfide) groups is 1. The van der Waals surface area contributed by atoms with E-state index in [1.807, 2.05) is 11.8 Å². The van der Waals surface area contributed by atoms with Crippen LogP contribution in [0.1, 0.15) is 31.5 Å². The van der Waals surface area contributed by atoms with Gasteiger partial charge in [0.15, 0.2) is 0 Å². The molecule has 0 fully saturated rings. The van der Waals surface area contributed by atoms with Crippen molar-refractivity contribution in [2.24, 2.45) is 0 Å². The zero-order valence-corrected chi connectivity index (χ0v) is 12.3. The Balaban J connectivity index is 2.43. The normalized spacial score (nSPS) is 13.3. The molecular formula is C12H22N2S2. The Morgan fingerprint density at radius 1 is 1.50 bits per heavy atom. The molecule has 1 aromatic rings. The Morgan fingerprint density at radius 3 is 2.75 bits per heavy atom. The van der Waals surface area contributed by atoms with E-state index in [2.05, 4.69) is 43.4 Å². The summed E-state index contributed by atoms with van der Waals surface area (Å²) in [6.45, 7) is 9.77. The molecule has 0 bridgehead atoms. The summed E-state index contributed by atoms with van der Waals surface area (Å²) in [5.74, 6) is 1.17. The summed E-state index contributed by atoms with van der Waals surface area (Å²) in [4.78, 5) is 4.53. The number of hydrogen-bond donors (Lipinski definition) is 1. The molecule has 1 unspecified atom stereocenters. The number of aryl methyl sites for hydroxylation is 1. The molecule has 1 rings (SSSR count). The minimum Gasteiger partial charge on any atom is -0.313 e. The zero-order chi connectivity index (χ0) is 12.0. The fourth-order valence-corrected chi connectivity index (χ4v) is 3.20. The Kier molecular flexibility index (Phi) is 6.39. The molecule has 0 radical (unpaired) electrons. The second kappa shape index (κ2) is 7.30. The van der Waals surface area contributed by atoms with Crippen LogP contribution in [0.5, 0.6) is 0 Å². The molecule has 92 valence electrons. The predicted octanol–water partition coefficient (Wildman–Crippen LogP) is 3.11. The van der Waals surface area contributed by atoms with E-state index in [4.69, 9.17) is 0 Å². The summed E-state index contributed by atoms with van der Waals surface area (Å²) in [5.41, 5.74) is 1.15. The number of rotatable bonds is 7. The van der Waals surface area contributed by atoms with Gasteiger partial charge >= 0.3 is 0 Å². The topological polar surface area (TPSA) is 24.9 Å². The van der Waals surface area contributed by atoms with Crippen LogP contribution >= 0.6 is 23.1 Å². The Morgan fingerprint density at radius 2 is 2.25 bits per heavy atom. The van der Waals surface area contributed by atoms with Crippen molar-refractivity contribution in [2.45, 2.75) is 45.4 Å². The van der Waals surface area contributed by atoms with Gasteiger partial charge in [0.25, 0.3) is 0 Å². The van der Waals surface area contributed by atoms with Gasteiger partial charge in [0, 0.05) is 29.3 Å². The highest BCUT2D eigenvalue weighted by atomic mass is 32.2. The van der Waals surface area contributed by atoms with E-state index in [9.17, 15) is 0 Å². The van der Waals surface area contributed by atoms with Gasteiger partial charge in [-0.25, -0.2) is 4.98 Å². The van der Waals surface area contributed by atoms with E-state index in [-0.39, 0.29) is 0 Å². The number of nitrogens with one attached hydrogen (secondary N) is 1. The van der Waals surface area contributed by atoms with Crippen LogP contribution in [0, 0.1) is 6.92 Å². The van der Waals surface area contributed by atoms with Crippen molar-refractivity contribution in [3.05, 3.63) is 16.1 Å². The highest BCUT2D eigenvalue weighted by Crippen LogP contribution is 2.16. The summed E-state index contributed by atoms with van der Waals surface area (Å²) in [5, 5.41) is 7.64. The first-order valence-electron chi connectivity index (χ1n) is 5.87. The van der Waals surface area contributed by atoms with E-state index in [0.29, 0.717) is 11.3 Å². The molecule has 1 aromatic heterocycles. The van der Waals surface area contributed by atoms with Crippen LogP contribution in [0.3, 0.4) is 0 Å². The fraction of sp³-hybridized carbons (Fsp3) is 0.750. The van der Waals surface area contributed by atoms with Gasteiger partial charge in [-0.3, -0.25) is 0 Å². The molecule has 0 spiro atoms. The quantitative estimate of drug-likeness (QED) is 0.813. The zero-order valence-electron chi connectivity index (χ0n) is 10.6. The van der Waals surface area contributed by atoms with Crippen LogP contribution < -0.4 is 5.32 Å². The predicted molar refractivity (Wildman–Crippen MR) is 75.6 cm³/mol. The van der Waals surface area contributed by atoms with Crippen LogP contribution in [0.25, 0.3) is 0 Å². The van der Waals surface area contributed by atoms with Crippen LogP contribution in [0.4, 0.5) is 0 Å². The average molecular weight is 258 g/mol. The minimum absolute atomic E-state index is 0.558. The molecule has 0 saturated carbocycles. The number of hydrogen-bond acceptors (Lipinski definition) is 4. The van der Waals surface area contributed by atoms with Crippen LogP contribution in [0.2, 0.25) is 0 Å². The number of nitrogens with zero attached hydrogens (tertiary/aromatic N) is 1. The van der Waals surface area contributed by atoms with Gasteiger partial charge in [-0.1, -0.05) is 20.8 Å². The number of aromatic nitrogens is 1. The molecule has 1 heterocycles. The summed E-state index contributed by atoms with van der Waals surface area (Å²) in [7, 11) is 0. The summed E-state index contributed by atoms with van der Waals surface area (Å²) in [6.07, 6.45) is 1.06. The van der Waals surface area contributed by atoms with Gasteiger partial charge in [-0.2, -0.15) is 11.8 Å². The molecule has 16 heavy (non-hydrogen) atoms. The molecule has 0 aliphatic carbocycles. The maximum Gasteiger partial charge on any atom is 0.0943 e. The largest absolute Gasteiger partial charge is 0.313 e. The van der Waals surface area contributed by atoms with Crippen LogP contribution in [-0.2, 0) is 6.42 Å². The first kappa shape index (κ1) is 14.0. The Labute approximate surface area is 107 Å². The standard InChI is InChI=1S/C12H22N2S2/c1-5-13-11(8-15-9(2)3)6-12-14-10(4)7-16-12/h7,9,11,13H,5-6,8H2,1-4H3. The molecule has 4 heteroatoms. The molecule has 0 aromatic carbocycles. The molecular weight excluding hydrogens is 236 g/mol. The highest BCUT2D eigenvalue weighted by molar-refractivity contribution is 7.99. The molecule has 0 aliphatic rings. The van der Waals surface area contributed by atoms with Gasteiger partial charge in [0.2, 0.25) is 0 Å².